The van der Waals surface area contributed by atoms with Gasteiger partial charge in [-0.2, -0.15) is 0 Å². The van der Waals surface area contributed by atoms with E-state index < -0.39 is 6.10 Å². The Labute approximate surface area is 84.0 Å². The van der Waals surface area contributed by atoms with Gasteiger partial charge in [-0.05, 0) is 23.3 Å². The first kappa shape index (κ1) is 9.22. The monoisotopic (exact) mass is 185 g/mol. The van der Waals surface area contributed by atoms with E-state index in [0.29, 0.717) is 6.42 Å². The van der Waals surface area contributed by atoms with Crippen molar-refractivity contribution < 1.29 is 5.11 Å². The fraction of sp³-hybridized carbons (Fsp3) is 0.231. The van der Waals surface area contributed by atoms with Crippen LogP contribution in [0.15, 0.2) is 42.5 Å². The minimum absolute atomic E-state index is 0.527. The quantitative estimate of drug-likeness (QED) is 0.684. The summed E-state index contributed by atoms with van der Waals surface area (Å²) in [5, 5.41) is 13.6. The van der Waals surface area contributed by atoms with Crippen molar-refractivity contribution in [3.8, 4) is 0 Å². The molecule has 0 fully saturated rings. The lowest BCUT2D eigenvalue weighted by atomic mass is 10.0. The smallest absolute Gasteiger partial charge is 0.0942 e. The minimum Gasteiger partial charge on any atom is -0.233 e. The van der Waals surface area contributed by atoms with E-state index in [4.69, 9.17) is 0 Å². The second-order valence-electron chi connectivity index (χ2n) is 3.65. The molecule has 1 heteroatoms. The lowest BCUT2D eigenvalue weighted by Crippen LogP contribution is -2.02. The van der Waals surface area contributed by atoms with Crippen LogP contribution in [0.4, 0.5) is 0 Å². The first-order valence-electron chi connectivity index (χ1n) is 4.90. The van der Waals surface area contributed by atoms with Crippen molar-refractivity contribution >= 4 is 10.8 Å². The Balaban J connectivity index is 2.53. The maximum atomic E-state index is 11.1. The van der Waals surface area contributed by atoms with Crippen LogP contribution in [0.3, 0.4) is 0 Å². The first-order chi connectivity index (χ1) is 6.77. The third-order valence-corrected chi connectivity index (χ3v) is 2.39. The molecule has 0 spiro atoms. The molecule has 14 heavy (non-hydrogen) atoms. The maximum absolute atomic E-state index is 11.1. The molecule has 0 aliphatic rings. The summed E-state index contributed by atoms with van der Waals surface area (Å²) in [6, 6.07) is 14.3. The van der Waals surface area contributed by atoms with Crippen molar-refractivity contribution in [3.05, 3.63) is 48.0 Å². The minimum atomic E-state index is -0.527. The van der Waals surface area contributed by atoms with Gasteiger partial charge in [0, 0.05) is 6.42 Å². The van der Waals surface area contributed by atoms with E-state index in [-0.39, 0.29) is 0 Å². The van der Waals surface area contributed by atoms with Crippen molar-refractivity contribution in [3.63, 3.8) is 0 Å². The summed E-state index contributed by atoms with van der Waals surface area (Å²) in [6.07, 6.45) is 0.0854. The highest BCUT2D eigenvalue weighted by Crippen LogP contribution is 2.19. The molecule has 1 radical (unpaired) electrons. The number of benzene rings is 2. The molecule has 0 saturated heterocycles. The first-order valence-corrected chi connectivity index (χ1v) is 4.90. The molecule has 0 aliphatic carbocycles. The number of rotatable bonds is 2. The predicted octanol–water partition coefficient (Wildman–Crippen LogP) is 3.20. The normalized spacial score (nSPS) is 13.0. The van der Waals surface area contributed by atoms with Gasteiger partial charge < -0.3 is 0 Å². The lowest BCUT2D eigenvalue weighted by Gasteiger charge is -2.06. The zero-order valence-electron chi connectivity index (χ0n) is 8.23. The molecule has 0 amide bonds. The van der Waals surface area contributed by atoms with Crippen molar-refractivity contribution in [1.29, 1.82) is 0 Å². The van der Waals surface area contributed by atoms with Gasteiger partial charge in [-0.15, -0.1) is 0 Å². The van der Waals surface area contributed by atoms with Crippen molar-refractivity contribution in [2.24, 2.45) is 0 Å². The van der Waals surface area contributed by atoms with E-state index in [1.807, 2.05) is 24.3 Å². The van der Waals surface area contributed by atoms with Gasteiger partial charge in [0.2, 0.25) is 0 Å². The van der Waals surface area contributed by atoms with Crippen LogP contribution < -0.4 is 0 Å². The molecule has 1 unspecified atom stereocenters. The van der Waals surface area contributed by atoms with Crippen LogP contribution in [0.2, 0.25) is 0 Å². The van der Waals surface area contributed by atoms with Gasteiger partial charge >= 0.3 is 0 Å². The van der Waals surface area contributed by atoms with E-state index in [0.717, 1.165) is 5.56 Å². The molecular formula is C13H13O. The molecular weight excluding hydrogens is 172 g/mol. The molecule has 1 atom stereocenters. The van der Waals surface area contributed by atoms with E-state index in [9.17, 15) is 5.11 Å². The summed E-state index contributed by atoms with van der Waals surface area (Å²) in [5.74, 6) is 0. The average Bonchev–Trinajstić information content (AvgIpc) is 2.18. The molecule has 0 aromatic heterocycles. The standard InChI is InChI=1S/C13H13O/c1-10(14)9-12-7-4-6-11-5-2-3-8-13(11)12/h2-8,10H,9H2,1H3. The van der Waals surface area contributed by atoms with Crippen LogP contribution in [0.5, 0.6) is 0 Å². The predicted molar refractivity (Wildman–Crippen MR) is 57.8 cm³/mol. The highest BCUT2D eigenvalue weighted by molar-refractivity contribution is 5.85. The van der Waals surface area contributed by atoms with Gasteiger partial charge in [0.1, 0.15) is 0 Å². The lowest BCUT2D eigenvalue weighted by molar-refractivity contribution is 0.106. The van der Waals surface area contributed by atoms with Gasteiger partial charge in [0.25, 0.3) is 0 Å². The second kappa shape index (κ2) is 3.81. The summed E-state index contributed by atoms with van der Waals surface area (Å²) in [4.78, 5) is 0. The van der Waals surface area contributed by atoms with Gasteiger partial charge in [-0.3, -0.25) is 0 Å². The Morgan fingerprint density at radius 3 is 2.57 bits per heavy atom. The van der Waals surface area contributed by atoms with E-state index in [2.05, 4.69) is 18.2 Å². The molecule has 0 N–H and O–H groups in total. The number of hydrogen-bond donors (Lipinski definition) is 0. The summed E-state index contributed by atoms with van der Waals surface area (Å²) >= 11 is 0. The number of fused-ring (bicyclic) bond motifs is 1. The molecule has 0 bridgehead atoms. The Bertz CT molecular complexity index is 427. The van der Waals surface area contributed by atoms with Crippen LogP contribution in [-0.4, -0.2) is 6.10 Å². The fourth-order valence-corrected chi connectivity index (χ4v) is 1.78. The van der Waals surface area contributed by atoms with E-state index in [1.165, 1.54) is 10.8 Å². The third kappa shape index (κ3) is 1.78. The topological polar surface area (TPSA) is 19.9 Å². The fourth-order valence-electron chi connectivity index (χ4n) is 1.78. The van der Waals surface area contributed by atoms with E-state index in [1.54, 1.807) is 6.92 Å². The number of hydrogen-bond acceptors (Lipinski definition) is 0. The molecule has 2 aromatic carbocycles. The van der Waals surface area contributed by atoms with Crippen LogP contribution in [0, 0.1) is 0 Å². The Morgan fingerprint density at radius 1 is 1.07 bits per heavy atom. The zero-order chi connectivity index (χ0) is 9.97. The van der Waals surface area contributed by atoms with Crippen LogP contribution in [0.1, 0.15) is 12.5 Å². The molecule has 71 valence electrons. The van der Waals surface area contributed by atoms with Gasteiger partial charge in [0.15, 0.2) is 0 Å². The maximum Gasteiger partial charge on any atom is 0.0942 e. The molecule has 2 rings (SSSR count). The van der Waals surface area contributed by atoms with Crippen molar-refractivity contribution in [2.75, 3.05) is 0 Å². The van der Waals surface area contributed by atoms with Crippen LogP contribution in [0.25, 0.3) is 10.8 Å². The van der Waals surface area contributed by atoms with Crippen LogP contribution >= 0.6 is 0 Å². The Morgan fingerprint density at radius 2 is 1.79 bits per heavy atom. The van der Waals surface area contributed by atoms with Crippen LogP contribution in [-0.2, 0) is 11.5 Å². The van der Waals surface area contributed by atoms with Gasteiger partial charge in [0.05, 0.1) is 6.10 Å². The largest absolute Gasteiger partial charge is 0.233 e. The summed E-state index contributed by atoms with van der Waals surface area (Å²) < 4.78 is 0. The molecule has 0 saturated carbocycles. The highest BCUT2D eigenvalue weighted by Gasteiger charge is 2.03. The molecule has 2 aromatic rings. The van der Waals surface area contributed by atoms with Crippen molar-refractivity contribution in [2.45, 2.75) is 19.4 Å². The molecule has 0 aliphatic heterocycles. The Hall–Kier alpha value is -1.34. The highest BCUT2D eigenvalue weighted by atomic mass is 16.3. The zero-order valence-corrected chi connectivity index (χ0v) is 8.23. The van der Waals surface area contributed by atoms with Gasteiger partial charge in [-0.25, -0.2) is 5.11 Å². The Kier molecular flexibility index (Phi) is 2.51. The third-order valence-electron chi connectivity index (χ3n) is 2.39. The summed E-state index contributed by atoms with van der Waals surface area (Å²) in [5.41, 5.74) is 1.16. The summed E-state index contributed by atoms with van der Waals surface area (Å²) in [7, 11) is 0. The van der Waals surface area contributed by atoms with E-state index >= 15 is 0 Å². The van der Waals surface area contributed by atoms with Gasteiger partial charge in [-0.1, -0.05) is 42.5 Å². The molecule has 0 heterocycles. The summed E-state index contributed by atoms with van der Waals surface area (Å²) in [6.45, 7) is 1.71. The SMILES string of the molecule is CC([O])Cc1cccc2ccccc12. The average molecular weight is 185 g/mol. The second-order valence-corrected chi connectivity index (χ2v) is 3.65. The van der Waals surface area contributed by atoms with Crippen molar-refractivity contribution in [1.82, 2.24) is 0 Å². The molecule has 1 nitrogen and oxygen atoms in total.